The second-order valence-electron chi connectivity index (χ2n) is 6.17. The summed E-state index contributed by atoms with van der Waals surface area (Å²) in [5.74, 6) is 2.07. The topological polar surface area (TPSA) is 80.2 Å². The summed E-state index contributed by atoms with van der Waals surface area (Å²) in [6.45, 7) is 4.09. The number of H-pyrrole nitrogens is 1. The minimum Gasteiger partial charge on any atom is -0.493 e. The lowest BCUT2D eigenvalue weighted by Gasteiger charge is -2.13. The van der Waals surface area contributed by atoms with Crippen LogP contribution in [-0.2, 0) is 0 Å². The molecule has 0 unspecified atom stereocenters. The van der Waals surface area contributed by atoms with Crippen LogP contribution in [0.2, 0.25) is 0 Å². The van der Waals surface area contributed by atoms with Gasteiger partial charge in [-0.15, -0.1) is 0 Å². The third kappa shape index (κ3) is 3.44. The van der Waals surface area contributed by atoms with E-state index in [0.717, 1.165) is 22.2 Å². The van der Waals surface area contributed by atoms with Gasteiger partial charge in [0, 0.05) is 0 Å². The zero-order valence-electron chi connectivity index (χ0n) is 16.0. The average Bonchev–Trinajstić information content (AvgIpc) is 3.07. The normalized spacial score (nSPS) is 11.3. The Morgan fingerprint density at radius 3 is 2.19 bits per heavy atom. The quantitative estimate of drug-likeness (QED) is 0.685. The monoisotopic (exact) mass is 363 g/mol. The molecule has 0 aliphatic carbocycles. The molecule has 0 radical (unpaired) electrons. The van der Waals surface area contributed by atoms with E-state index < -0.39 is 0 Å². The van der Waals surface area contributed by atoms with E-state index >= 15 is 0 Å². The standard InChI is InChI=1S/C21H21N3O3/c1-12-6-16-17(7-13(12)2)24-21(23-16)15(11-22)8-14-9-18(25-3)20(27-5)19(10-14)26-4/h6-10H,1-5H3,(H,23,24)/b15-8+. The number of hydrogen-bond acceptors (Lipinski definition) is 5. The van der Waals surface area contributed by atoms with Crippen LogP contribution < -0.4 is 14.2 Å². The van der Waals surface area contributed by atoms with E-state index in [4.69, 9.17) is 14.2 Å². The minimum atomic E-state index is 0.413. The SMILES string of the molecule is COc1cc(/C=C(\C#N)c2nc3cc(C)c(C)cc3[nH]2)cc(OC)c1OC. The summed E-state index contributed by atoms with van der Waals surface area (Å²) in [7, 11) is 4.66. The van der Waals surface area contributed by atoms with E-state index in [1.807, 2.05) is 26.0 Å². The fourth-order valence-electron chi connectivity index (χ4n) is 2.90. The van der Waals surface area contributed by atoms with Crippen LogP contribution in [-0.4, -0.2) is 31.3 Å². The van der Waals surface area contributed by atoms with Gasteiger partial charge < -0.3 is 19.2 Å². The summed E-state index contributed by atoms with van der Waals surface area (Å²) in [5, 5.41) is 9.66. The van der Waals surface area contributed by atoms with Gasteiger partial charge in [-0.3, -0.25) is 0 Å². The molecule has 0 saturated heterocycles. The number of rotatable bonds is 5. The fraction of sp³-hybridized carbons (Fsp3) is 0.238. The van der Waals surface area contributed by atoms with Gasteiger partial charge in [0.25, 0.3) is 0 Å². The first kappa shape index (κ1) is 18.3. The van der Waals surface area contributed by atoms with Crippen molar-refractivity contribution < 1.29 is 14.2 Å². The maximum Gasteiger partial charge on any atom is 0.203 e. The van der Waals surface area contributed by atoms with Gasteiger partial charge in [-0.1, -0.05) is 0 Å². The van der Waals surface area contributed by atoms with Crippen molar-refractivity contribution in [3.8, 4) is 23.3 Å². The van der Waals surface area contributed by atoms with E-state index in [-0.39, 0.29) is 0 Å². The van der Waals surface area contributed by atoms with Gasteiger partial charge in [0.1, 0.15) is 11.9 Å². The van der Waals surface area contributed by atoms with Gasteiger partial charge in [0.15, 0.2) is 11.5 Å². The molecule has 2 aromatic carbocycles. The number of nitrogens with one attached hydrogen (secondary N) is 1. The molecule has 0 aliphatic heterocycles. The molecule has 1 aromatic heterocycles. The van der Waals surface area contributed by atoms with Gasteiger partial charge in [-0.2, -0.15) is 5.26 Å². The molecule has 6 nitrogen and oxygen atoms in total. The second kappa shape index (κ2) is 7.42. The molecule has 0 spiro atoms. The molecule has 138 valence electrons. The van der Waals surface area contributed by atoms with Crippen molar-refractivity contribution in [2.45, 2.75) is 13.8 Å². The van der Waals surface area contributed by atoms with Gasteiger partial charge in [-0.25, -0.2) is 4.98 Å². The summed E-state index contributed by atoms with van der Waals surface area (Å²) in [4.78, 5) is 7.79. The van der Waals surface area contributed by atoms with Crippen molar-refractivity contribution in [1.29, 1.82) is 5.26 Å². The summed E-state index contributed by atoms with van der Waals surface area (Å²) in [6.07, 6.45) is 1.74. The maximum absolute atomic E-state index is 9.66. The number of hydrogen-bond donors (Lipinski definition) is 1. The lowest BCUT2D eigenvalue weighted by Crippen LogP contribution is -1.96. The molecule has 0 amide bonds. The predicted molar refractivity (Wildman–Crippen MR) is 105 cm³/mol. The lowest BCUT2D eigenvalue weighted by molar-refractivity contribution is 0.324. The summed E-state index contributed by atoms with van der Waals surface area (Å²) >= 11 is 0. The molecule has 3 aromatic rings. The third-order valence-corrected chi connectivity index (χ3v) is 4.47. The molecule has 0 saturated carbocycles. The second-order valence-corrected chi connectivity index (χ2v) is 6.17. The highest BCUT2D eigenvalue weighted by molar-refractivity contribution is 5.91. The van der Waals surface area contributed by atoms with Gasteiger partial charge in [-0.05, 0) is 60.9 Å². The van der Waals surface area contributed by atoms with Crippen molar-refractivity contribution >= 4 is 22.7 Å². The van der Waals surface area contributed by atoms with Crippen LogP contribution in [0.4, 0.5) is 0 Å². The molecule has 0 atom stereocenters. The molecular weight excluding hydrogens is 342 g/mol. The Kier molecular flexibility index (Phi) is 5.04. The zero-order valence-corrected chi connectivity index (χ0v) is 16.0. The van der Waals surface area contributed by atoms with E-state index in [1.165, 1.54) is 5.56 Å². The largest absolute Gasteiger partial charge is 0.493 e. The Balaban J connectivity index is 2.11. The first-order valence-electron chi connectivity index (χ1n) is 8.39. The van der Waals surface area contributed by atoms with Gasteiger partial charge in [0.2, 0.25) is 5.75 Å². The third-order valence-electron chi connectivity index (χ3n) is 4.47. The van der Waals surface area contributed by atoms with Crippen LogP contribution in [0, 0.1) is 25.2 Å². The van der Waals surface area contributed by atoms with Crippen molar-refractivity contribution in [1.82, 2.24) is 9.97 Å². The number of aryl methyl sites for hydroxylation is 2. The van der Waals surface area contributed by atoms with Crippen molar-refractivity contribution in [3.05, 3.63) is 46.8 Å². The Morgan fingerprint density at radius 2 is 1.63 bits per heavy atom. The molecule has 27 heavy (non-hydrogen) atoms. The van der Waals surface area contributed by atoms with E-state index in [9.17, 15) is 5.26 Å². The highest BCUT2D eigenvalue weighted by Gasteiger charge is 2.14. The minimum absolute atomic E-state index is 0.413. The van der Waals surface area contributed by atoms with Crippen LogP contribution in [0.1, 0.15) is 22.5 Å². The highest BCUT2D eigenvalue weighted by Crippen LogP contribution is 2.39. The molecule has 1 N–H and O–H groups in total. The summed E-state index contributed by atoms with van der Waals surface area (Å²) in [6, 6.07) is 9.84. The van der Waals surface area contributed by atoms with Crippen molar-refractivity contribution in [3.63, 3.8) is 0 Å². The summed E-state index contributed by atoms with van der Waals surface area (Å²) < 4.78 is 16.1. The van der Waals surface area contributed by atoms with Crippen LogP contribution in [0.25, 0.3) is 22.7 Å². The number of aromatic nitrogens is 2. The number of imidazole rings is 1. The molecule has 3 rings (SSSR count). The van der Waals surface area contributed by atoms with E-state index in [1.54, 1.807) is 39.5 Å². The van der Waals surface area contributed by atoms with Crippen molar-refractivity contribution in [2.75, 3.05) is 21.3 Å². The Bertz CT molecular complexity index is 1010. The van der Waals surface area contributed by atoms with E-state index in [2.05, 4.69) is 16.0 Å². The summed E-state index contributed by atoms with van der Waals surface area (Å²) in [5.41, 5.74) is 5.22. The van der Waals surface area contributed by atoms with Crippen LogP contribution in [0.5, 0.6) is 17.2 Å². The fourth-order valence-corrected chi connectivity index (χ4v) is 2.90. The molecule has 1 heterocycles. The number of nitriles is 1. The first-order valence-corrected chi connectivity index (χ1v) is 8.39. The Labute approximate surface area is 158 Å². The number of allylic oxidation sites excluding steroid dienone is 1. The van der Waals surface area contributed by atoms with Gasteiger partial charge >= 0.3 is 0 Å². The van der Waals surface area contributed by atoms with Crippen molar-refractivity contribution in [2.24, 2.45) is 0 Å². The predicted octanol–water partition coefficient (Wildman–Crippen LogP) is 4.27. The first-order chi connectivity index (χ1) is 13.0. The zero-order chi connectivity index (χ0) is 19.6. The smallest absolute Gasteiger partial charge is 0.203 e. The number of benzene rings is 2. The van der Waals surface area contributed by atoms with Crippen LogP contribution in [0.3, 0.4) is 0 Å². The van der Waals surface area contributed by atoms with E-state index in [0.29, 0.717) is 28.6 Å². The average molecular weight is 363 g/mol. The number of fused-ring (bicyclic) bond motifs is 1. The number of methoxy groups -OCH3 is 3. The molecular formula is C21H21N3O3. The Hall–Kier alpha value is -3.46. The number of aromatic amines is 1. The Morgan fingerprint density at radius 1 is 1.00 bits per heavy atom. The maximum atomic E-state index is 9.66. The van der Waals surface area contributed by atoms with Crippen LogP contribution in [0.15, 0.2) is 24.3 Å². The number of nitrogens with zero attached hydrogens (tertiary/aromatic N) is 2. The molecule has 0 bridgehead atoms. The van der Waals surface area contributed by atoms with Crippen LogP contribution >= 0.6 is 0 Å². The molecule has 0 fully saturated rings. The van der Waals surface area contributed by atoms with Gasteiger partial charge in [0.05, 0.1) is 37.9 Å². The number of ether oxygens (including phenoxy) is 3. The molecule has 0 aliphatic rings. The lowest BCUT2D eigenvalue weighted by atomic mass is 10.1. The molecule has 6 heteroatoms. The highest BCUT2D eigenvalue weighted by atomic mass is 16.5.